The van der Waals surface area contributed by atoms with Gasteiger partial charge in [0.25, 0.3) is 5.91 Å². The van der Waals surface area contributed by atoms with Crippen LogP contribution in [0.4, 0.5) is 5.82 Å². The van der Waals surface area contributed by atoms with Gasteiger partial charge in [0.05, 0.1) is 13.2 Å². The molecule has 2 aliphatic rings. The van der Waals surface area contributed by atoms with Gasteiger partial charge in [0.15, 0.2) is 0 Å². The fourth-order valence-corrected chi connectivity index (χ4v) is 3.45. The Morgan fingerprint density at radius 3 is 2.60 bits per heavy atom. The zero-order valence-electron chi connectivity index (χ0n) is 15.1. The largest absolute Gasteiger partial charge is 0.379 e. The van der Waals surface area contributed by atoms with Crippen molar-refractivity contribution in [3.8, 4) is 0 Å². The van der Waals surface area contributed by atoms with Crippen molar-refractivity contribution in [2.45, 2.75) is 32.1 Å². The van der Waals surface area contributed by atoms with Gasteiger partial charge in [-0.1, -0.05) is 18.9 Å². The second-order valence-electron chi connectivity index (χ2n) is 6.85. The Bertz CT molecular complexity index is 538. The topological polar surface area (TPSA) is 57.7 Å². The number of hydrogen-bond acceptors (Lipinski definition) is 5. The molecule has 2 saturated heterocycles. The number of nitrogens with one attached hydrogen (secondary N) is 1. The Labute approximate surface area is 150 Å². The summed E-state index contributed by atoms with van der Waals surface area (Å²) in [4.78, 5) is 21.7. The highest BCUT2D eigenvalue weighted by atomic mass is 16.5. The van der Waals surface area contributed by atoms with Crippen LogP contribution in [-0.4, -0.2) is 68.3 Å². The van der Waals surface area contributed by atoms with Crippen LogP contribution in [0.1, 0.15) is 42.6 Å². The maximum atomic E-state index is 12.4. The predicted octanol–water partition coefficient (Wildman–Crippen LogP) is 1.91. The minimum absolute atomic E-state index is 0.0707. The third-order valence-corrected chi connectivity index (χ3v) is 4.94. The Kier molecular flexibility index (Phi) is 7.06. The van der Waals surface area contributed by atoms with E-state index in [1.165, 1.54) is 25.7 Å². The number of amides is 1. The van der Waals surface area contributed by atoms with Crippen LogP contribution in [0.3, 0.4) is 0 Å². The molecule has 0 aromatic carbocycles. The highest BCUT2D eigenvalue weighted by molar-refractivity contribution is 5.92. The first-order valence-electron chi connectivity index (χ1n) is 9.63. The summed E-state index contributed by atoms with van der Waals surface area (Å²) >= 11 is 0. The summed E-state index contributed by atoms with van der Waals surface area (Å²) in [5, 5.41) is 3.00. The van der Waals surface area contributed by atoms with Crippen molar-refractivity contribution < 1.29 is 9.53 Å². The van der Waals surface area contributed by atoms with Crippen molar-refractivity contribution in [1.29, 1.82) is 0 Å². The van der Waals surface area contributed by atoms with E-state index in [-0.39, 0.29) is 5.91 Å². The molecule has 0 saturated carbocycles. The average Bonchev–Trinajstić information content (AvgIpc) is 2.95. The number of rotatable bonds is 6. The summed E-state index contributed by atoms with van der Waals surface area (Å²) in [6.07, 6.45) is 5.95. The van der Waals surface area contributed by atoms with E-state index in [4.69, 9.17) is 4.74 Å². The maximum Gasteiger partial charge on any atom is 0.269 e. The number of aromatic nitrogens is 1. The van der Waals surface area contributed by atoms with E-state index in [0.29, 0.717) is 12.2 Å². The number of pyridine rings is 1. The first-order chi connectivity index (χ1) is 12.3. The van der Waals surface area contributed by atoms with Gasteiger partial charge >= 0.3 is 0 Å². The summed E-state index contributed by atoms with van der Waals surface area (Å²) in [5.74, 6) is 0.863. The molecule has 1 aromatic heterocycles. The lowest BCUT2D eigenvalue weighted by Crippen LogP contribution is -2.38. The van der Waals surface area contributed by atoms with Crippen molar-refractivity contribution in [3.63, 3.8) is 0 Å². The molecule has 1 N–H and O–H groups in total. The Balaban J connectivity index is 1.45. The zero-order chi connectivity index (χ0) is 17.3. The molecular weight excluding hydrogens is 316 g/mol. The number of hydrogen-bond donors (Lipinski definition) is 1. The highest BCUT2D eigenvalue weighted by Crippen LogP contribution is 2.17. The van der Waals surface area contributed by atoms with E-state index in [2.05, 4.69) is 20.1 Å². The monoisotopic (exact) mass is 346 g/mol. The number of carbonyl (C=O) groups excluding carboxylic acids is 1. The van der Waals surface area contributed by atoms with E-state index < -0.39 is 0 Å². The minimum Gasteiger partial charge on any atom is -0.379 e. The van der Waals surface area contributed by atoms with Gasteiger partial charge in [0.2, 0.25) is 0 Å². The average molecular weight is 346 g/mol. The molecule has 1 aromatic rings. The first-order valence-corrected chi connectivity index (χ1v) is 9.63. The minimum atomic E-state index is -0.0707. The third kappa shape index (κ3) is 5.68. The van der Waals surface area contributed by atoms with E-state index in [1.54, 1.807) is 6.07 Å². The Morgan fingerprint density at radius 1 is 1.08 bits per heavy atom. The second kappa shape index (κ2) is 9.73. The zero-order valence-corrected chi connectivity index (χ0v) is 15.1. The van der Waals surface area contributed by atoms with Gasteiger partial charge in [-0.05, 0) is 37.9 Å². The Morgan fingerprint density at radius 2 is 1.84 bits per heavy atom. The molecule has 0 spiro atoms. The highest BCUT2D eigenvalue weighted by Gasteiger charge is 2.14. The van der Waals surface area contributed by atoms with Crippen molar-refractivity contribution in [3.05, 3.63) is 23.9 Å². The SMILES string of the molecule is O=C(NCCCN1CCOCC1)c1cccc(N2CCCCCC2)n1. The maximum absolute atomic E-state index is 12.4. The number of nitrogens with zero attached hydrogens (tertiary/aromatic N) is 3. The molecule has 138 valence electrons. The van der Waals surface area contributed by atoms with E-state index >= 15 is 0 Å². The van der Waals surface area contributed by atoms with Gasteiger partial charge in [-0.25, -0.2) is 4.98 Å². The first kappa shape index (κ1) is 18.1. The van der Waals surface area contributed by atoms with Gasteiger partial charge in [0.1, 0.15) is 11.5 Å². The summed E-state index contributed by atoms with van der Waals surface area (Å²) in [6.45, 7) is 7.39. The molecule has 2 aliphatic heterocycles. The van der Waals surface area contributed by atoms with Gasteiger partial charge in [-0.15, -0.1) is 0 Å². The van der Waals surface area contributed by atoms with Crippen molar-refractivity contribution in [2.75, 3.05) is 57.4 Å². The molecule has 0 atom stereocenters. The van der Waals surface area contributed by atoms with Gasteiger partial charge in [-0.3, -0.25) is 9.69 Å². The van der Waals surface area contributed by atoms with Crippen LogP contribution >= 0.6 is 0 Å². The van der Waals surface area contributed by atoms with E-state index in [1.807, 2.05) is 12.1 Å². The number of carbonyl (C=O) groups is 1. The molecule has 0 bridgehead atoms. The van der Waals surface area contributed by atoms with E-state index in [0.717, 1.165) is 58.2 Å². The predicted molar refractivity (Wildman–Crippen MR) is 99.1 cm³/mol. The fourth-order valence-electron chi connectivity index (χ4n) is 3.45. The quantitative estimate of drug-likeness (QED) is 0.798. The smallest absolute Gasteiger partial charge is 0.269 e. The third-order valence-electron chi connectivity index (χ3n) is 4.94. The molecule has 1 amide bonds. The normalized spacial score (nSPS) is 19.4. The number of anilines is 1. The summed E-state index contributed by atoms with van der Waals surface area (Å²) in [7, 11) is 0. The van der Waals surface area contributed by atoms with Gasteiger partial charge in [0, 0.05) is 32.7 Å². The fraction of sp³-hybridized carbons (Fsp3) is 0.684. The number of ether oxygens (including phenoxy) is 1. The lowest BCUT2D eigenvalue weighted by Gasteiger charge is -2.26. The molecule has 2 fully saturated rings. The molecule has 0 radical (unpaired) electrons. The summed E-state index contributed by atoms with van der Waals surface area (Å²) in [5.41, 5.74) is 0.521. The van der Waals surface area contributed by atoms with Gasteiger partial charge < -0.3 is 15.0 Å². The van der Waals surface area contributed by atoms with Gasteiger partial charge in [-0.2, -0.15) is 0 Å². The molecule has 3 heterocycles. The summed E-state index contributed by atoms with van der Waals surface area (Å²) in [6, 6.07) is 5.76. The van der Waals surface area contributed by atoms with Crippen LogP contribution in [-0.2, 0) is 4.74 Å². The van der Waals surface area contributed by atoms with Crippen molar-refractivity contribution in [2.24, 2.45) is 0 Å². The van der Waals surface area contributed by atoms with Crippen LogP contribution < -0.4 is 10.2 Å². The van der Waals surface area contributed by atoms with Crippen LogP contribution in [0.5, 0.6) is 0 Å². The molecular formula is C19H30N4O2. The summed E-state index contributed by atoms with van der Waals surface area (Å²) < 4.78 is 5.35. The molecule has 6 heteroatoms. The van der Waals surface area contributed by atoms with Crippen LogP contribution in [0.15, 0.2) is 18.2 Å². The lowest BCUT2D eigenvalue weighted by molar-refractivity contribution is 0.0374. The number of morpholine rings is 1. The molecule has 25 heavy (non-hydrogen) atoms. The Hall–Kier alpha value is -1.66. The molecule has 0 aliphatic carbocycles. The van der Waals surface area contributed by atoms with Crippen LogP contribution in [0.25, 0.3) is 0 Å². The van der Waals surface area contributed by atoms with Crippen LogP contribution in [0, 0.1) is 0 Å². The standard InChI is InChI=1S/C19H30N4O2/c24-19(20-9-6-10-22-13-15-25-16-14-22)17-7-5-8-18(21-17)23-11-3-1-2-4-12-23/h5,7-8H,1-4,6,9-16H2,(H,20,24). The van der Waals surface area contributed by atoms with E-state index in [9.17, 15) is 4.79 Å². The van der Waals surface area contributed by atoms with Crippen molar-refractivity contribution in [1.82, 2.24) is 15.2 Å². The molecule has 0 unspecified atom stereocenters. The molecule has 3 rings (SSSR count). The van der Waals surface area contributed by atoms with Crippen molar-refractivity contribution >= 4 is 11.7 Å². The molecule has 6 nitrogen and oxygen atoms in total. The lowest BCUT2D eigenvalue weighted by atomic mass is 10.2. The van der Waals surface area contributed by atoms with Crippen LogP contribution in [0.2, 0.25) is 0 Å². The second-order valence-corrected chi connectivity index (χ2v) is 6.85.